The molecule has 106 valence electrons. The van der Waals surface area contributed by atoms with Gasteiger partial charge in [-0.2, -0.15) is 0 Å². The van der Waals surface area contributed by atoms with Gasteiger partial charge < -0.3 is 13.6 Å². The topological polar surface area (TPSA) is 44.8 Å². The fraction of sp³-hybridized carbons (Fsp3) is 0.917. The average molecular weight is 292 g/mol. The monoisotopic (exact) mass is 292 g/mol. The lowest BCUT2D eigenvalue weighted by molar-refractivity contribution is -0.137. The Morgan fingerprint density at radius 2 is 2.06 bits per heavy atom. The Kier molecular flexibility index (Phi) is 7.29. The van der Waals surface area contributed by atoms with E-state index >= 15 is 0 Å². The van der Waals surface area contributed by atoms with Gasteiger partial charge in [-0.05, 0) is 38.6 Å². The van der Waals surface area contributed by atoms with Crippen molar-refractivity contribution in [3.8, 4) is 0 Å². The molecule has 1 heterocycles. The highest BCUT2D eigenvalue weighted by Crippen LogP contribution is 2.24. The van der Waals surface area contributed by atoms with Crippen molar-refractivity contribution in [2.75, 3.05) is 25.6 Å². The summed E-state index contributed by atoms with van der Waals surface area (Å²) in [5.74, 6) is 0.928. The second kappa shape index (κ2) is 8.19. The molecular weight excluding hydrogens is 268 g/mol. The molecule has 1 atom stereocenters. The summed E-state index contributed by atoms with van der Waals surface area (Å²) in [6, 6.07) is 0.990. The van der Waals surface area contributed by atoms with Crippen LogP contribution in [0.3, 0.4) is 0 Å². The van der Waals surface area contributed by atoms with Crippen molar-refractivity contribution in [2.24, 2.45) is 0 Å². The number of carbonyl (C=O) groups is 1. The van der Waals surface area contributed by atoms with Crippen LogP contribution in [0.5, 0.6) is 0 Å². The quantitative estimate of drug-likeness (QED) is 0.371. The third-order valence-corrected chi connectivity index (χ3v) is 7.30. The molecular formula is C12H24O4SSi. The lowest BCUT2D eigenvalue weighted by Crippen LogP contribution is -2.38. The fourth-order valence-electron chi connectivity index (χ4n) is 2.04. The van der Waals surface area contributed by atoms with E-state index in [1.807, 2.05) is 13.8 Å². The summed E-state index contributed by atoms with van der Waals surface area (Å²) in [4.78, 5) is 11.3. The average Bonchev–Trinajstić information content (AvgIpc) is 2.71. The maximum absolute atomic E-state index is 11.3. The van der Waals surface area contributed by atoms with E-state index in [0.717, 1.165) is 24.6 Å². The van der Waals surface area contributed by atoms with E-state index in [0.29, 0.717) is 19.8 Å². The summed E-state index contributed by atoms with van der Waals surface area (Å²) in [6.07, 6.45) is 1.90. The van der Waals surface area contributed by atoms with E-state index in [9.17, 15) is 4.79 Å². The van der Waals surface area contributed by atoms with Crippen LogP contribution in [-0.2, 0) is 18.4 Å². The molecule has 0 aromatic heterocycles. The van der Waals surface area contributed by atoms with Gasteiger partial charge in [0.05, 0.1) is 6.61 Å². The maximum Gasteiger partial charge on any atom is 0.334 e. The predicted octanol–water partition coefficient (Wildman–Crippen LogP) is 2.57. The molecule has 0 saturated carbocycles. The fourth-order valence-corrected chi connectivity index (χ4v) is 5.78. The van der Waals surface area contributed by atoms with Crippen molar-refractivity contribution < 1.29 is 18.4 Å². The van der Waals surface area contributed by atoms with Crippen LogP contribution in [0.15, 0.2) is 0 Å². The van der Waals surface area contributed by atoms with Gasteiger partial charge in [-0.1, -0.05) is 0 Å². The third-order valence-electron chi connectivity index (χ3n) is 2.88. The summed E-state index contributed by atoms with van der Waals surface area (Å²) < 4.78 is 16.5. The van der Waals surface area contributed by atoms with Crippen LogP contribution < -0.4 is 0 Å². The van der Waals surface area contributed by atoms with Gasteiger partial charge in [-0.15, -0.1) is 11.8 Å². The van der Waals surface area contributed by atoms with Gasteiger partial charge in [0.15, 0.2) is 0 Å². The maximum atomic E-state index is 11.3. The molecule has 0 aromatic carbocycles. The first-order valence-electron chi connectivity index (χ1n) is 6.67. The van der Waals surface area contributed by atoms with Crippen molar-refractivity contribution in [3.05, 3.63) is 0 Å². The molecule has 0 aromatic rings. The van der Waals surface area contributed by atoms with Gasteiger partial charge in [0.1, 0.15) is 5.25 Å². The largest absolute Gasteiger partial charge is 0.465 e. The SMILES string of the molecule is CCO[Si](C)(CCCSC1CCOC1=O)OCC. The molecule has 18 heavy (non-hydrogen) atoms. The van der Waals surface area contributed by atoms with E-state index in [1.165, 1.54) is 0 Å². The van der Waals surface area contributed by atoms with Crippen molar-refractivity contribution >= 4 is 26.3 Å². The standard InChI is InChI=1S/C12H24O4SSi/c1-4-15-18(3,16-5-2)10-6-9-17-11-7-8-14-12(11)13/h11H,4-10H2,1-3H3. The van der Waals surface area contributed by atoms with Crippen LogP contribution in [0.1, 0.15) is 26.7 Å². The Morgan fingerprint density at radius 1 is 1.39 bits per heavy atom. The number of carbonyl (C=O) groups excluding carboxylic acids is 1. The number of thioether (sulfide) groups is 1. The molecule has 1 rings (SSSR count). The molecule has 4 nitrogen and oxygen atoms in total. The minimum atomic E-state index is -1.97. The summed E-state index contributed by atoms with van der Waals surface area (Å²) in [6.45, 7) is 8.14. The van der Waals surface area contributed by atoms with E-state index < -0.39 is 8.56 Å². The Balaban J connectivity index is 2.20. The van der Waals surface area contributed by atoms with Gasteiger partial charge in [0.25, 0.3) is 0 Å². The highest BCUT2D eigenvalue weighted by atomic mass is 32.2. The smallest absolute Gasteiger partial charge is 0.334 e. The molecule has 6 heteroatoms. The highest BCUT2D eigenvalue weighted by molar-refractivity contribution is 8.00. The molecule has 1 aliphatic rings. The first kappa shape index (κ1) is 16.0. The zero-order valence-electron chi connectivity index (χ0n) is 11.6. The van der Waals surface area contributed by atoms with Gasteiger partial charge in [0.2, 0.25) is 0 Å². The number of esters is 1. The number of hydrogen-bond donors (Lipinski definition) is 0. The Bertz CT molecular complexity index is 256. The van der Waals surface area contributed by atoms with E-state index in [4.69, 9.17) is 13.6 Å². The Morgan fingerprint density at radius 3 is 2.56 bits per heavy atom. The molecule has 0 aliphatic carbocycles. The molecule has 0 N–H and O–H groups in total. The molecule has 1 saturated heterocycles. The first-order valence-corrected chi connectivity index (χ1v) is 10.2. The van der Waals surface area contributed by atoms with Crippen molar-refractivity contribution in [2.45, 2.75) is 44.5 Å². The molecule has 1 unspecified atom stereocenters. The van der Waals surface area contributed by atoms with Crippen LogP contribution in [0.25, 0.3) is 0 Å². The zero-order valence-corrected chi connectivity index (χ0v) is 13.4. The zero-order chi connectivity index (χ0) is 13.4. The van der Waals surface area contributed by atoms with Gasteiger partial charge in [0, 0.05) is 19.6 Å². The van der Waals surface area contributed by atoms with Crippen LogP contribution in [0.2, 0.25) is 12.6 Å². The molecule has 0 bridgehead atoms. The van der Waals surface area contributed by atoms with Gasteiger partial charge in [-0.25, -0.2) is 0 Å². The molecule has 0 amide bonds. The molecule has 1 aliphatic heterocycles. The minimum absolute atomic E-state index is 0.0466. The van der Waals surface area contributed by atoms with Crippen LogP contribution >= 0.6 is 11.8 Å². The van der Waals surface area contributed by atoms with Crippen LogP contribution in [-0.4, -0.2) is 45.4 Å². The summed E-state index contributed by atoms with van der Waals surface area (Å²) >= 11 is 1.71. The highest BCUT2D eigenvalue weighted by Gasteiger charge is 2.31. The number of rotatable bonds is 9. The van der Waals surface area contributed by atoms with E-state index in [-0.39, 0.29) is 11.2 Å². The Hall–Kier alpha value is -0.0431. The van der Waals surface area contributed by atoms with E-state index in [1.54, 1.807) is 11.8 Å². The van der Waals surface area contributed by atoms with Gasteiger partial charge in [-0.3, -0.25) is 4.79 Å². The normalized spacial score (nSPS) is 20.2. The third kappa shape index (κ3) is 5.30. The second-order valence-electron chi connectivity index (χ2n) is 4.42. The van der Waals surface area contributed by atoms with Crippen LogP contribution in [0.4, 0.5) is 0 Å². The number of ether oxygens (including phenoxy) is 1. The molecule has 0 spiro atoms. The summed E-state index contributed by atoms with van der Waals surface area (Å²) in [7, 11) is -1.97. The lowest BCUT2D eigenvalue weighted by atomic mass is 10.4. The molecule has 0 radical (unpaired) electrons. The lowest BCUT2D eigenvalue weighted by Gasteiger charge is -2.25. The summed E-state index contributed by atoms with van der Waals surface area (Å²) in [5, 5.41) is 0.0529. The predicted molar refractivity (Wildman–Crippen MR) is 76.1 cm³/mol. The second-order valence-corrected chi connectivity index (χ2v) is 9.07. The summed E-state index contributed by atoms with van der Waals surface area (Å²) in [5.41, 5.74) is 0. The minimum Gasteiger partial charge on any atom is -0.465 e. The van der Waals surface area contributed by atoms with Gasteiger partial charge >= 0.3 is 14.5 Å². The van der Waals surface area contributed by atoms with Crippen molar-refractivity contribution in [3.63, 3.8) is 0 Å². The Labute approximate surface area is 115 Å². The van der Waals surface area contributed by atoms with Crippen molar-refractivity contribution in [1.82, 2.24) is 0 Å². The molecule has 1 fully saturated rings. The van der Waals surface area contributed by atoms with E-state index in [2.05, 4.69) is 6.55 Å². The number of hydrogen-bond acceptors (Lipinski definition) is 5. The van der Waals surface area contributed by atoms with Crippen molar-refractivity contribution in [1.29, 1.82) is 0 Å². The van der Waals surface area contributed by atoms with Crippen LogP contribution in [0, 0.1) is 0 Å². The first-order chi connectivity index (χ1) is 8.61. The number of cyclic esters (lactones) is 1.